The SMILES string of the molecule is C=O.C=O.C=O.C=O.C=O.C=O.C=O.C=O.C=O.CC.CC(=O)N(C)C(C)(Cc1ccccc1)C(=O)N(C)[C@@H](C)C(=O)N[C@H](C(=O)N[C@@H](C)C(=O)N1CCCCC1)C(C)C.CC(C)O.CCC(C)C.CCC(C)C.CCC(C)C.CCC(C)C.CCc1ccccc1.CN.CN.CN.CN.CN.CN.N.N.N. The molecule has 1 fully saturated rings. The maximum atomic E-state index is 13.8. The Morgan fingerprint density at radius 2 is 0.701 bits per heavy atom. The van der Waals surface area contributed by atoms with Crippen molar-refractivity contribution in [2.24, 2.45) is 64.0 Å². The number of nitrogens with two attached hydrogens (primary N) is 6. The van der Waals surface area contributed by atoms with Crippen LogP contribution in [0.2, 0.25) is 0 Å². The number of hydrogen-bond acceptors (Lipinski definition) is 24. The molecular weight excluding hydrogens is 1370 g/mol. The van der Waals surface area contributed by atoms with Crippen LogP contribution in [-0.2, 0) is 80.0 Å². The van der Waals surface area contributed by atoms with E-state index in [1.807, 2.05) is 111 Å². The van der Waals surface area contributed by atoms with E-state index in [1.165, 1.54) is 97.3 Å². The Kier molecular flexibility index (Phi) is 234. The number of nitrogens with zero attached hydrogens (tertiary/aromatic N) is 3. The van der Waals surface area contributed by atoms with Crippen LogP contribution in [0.5, 0.6) is 0 Å². The minimum absolute atomic E-state index is 0. The standard InChI is InChI=1S/C30H47N5O5.C8H10.4C5H12.C3H8O.C2H6.6CH5N.9CH2O.3H3N/c1-20(2)25(27(38)31-21(3)28(39)35-17-13-10-14-18-35)32-26(37)22(4)33(7)29(40)30(6,34(8)23(5)36)19-24-15-11-9-12-16-24;1-2-8-6-4-3-5-7-8;4*1-4-5(2)3;1-3(2)4;16*1-2;;;/h9,11-12,15-16,20-22,25H,10,13-14,17-19H2,1-8H3,(H,31,38)(H,32,37);3-7H,2H2,1H3;4*5H,4H2,1-3H3;3-4H,1-2H3;1-2H3;6*2H2,1H3;9*1H2;3*1H3/t21-,22-,25-,30?;;;;;;;;;;;;;;;;;;;;;;;;;/m0........................./s1. The predicted octanol–water partition coefficient (Wildman–Crippen LogP) is 10.1. The smallest absolute Gasteiger partial charge is 0.249 e. The van der Waals surface area contributed by atoms with Crippen LogP contribution >= 0.6 is 0 Å². The Hall–Kier alpha value is -7.58. The number of likely N-dealkylation sites (N-methyl/N-ethyl adjacent to an activating group) is 2. The number of carbonyl (C=O) groups is 14. The zero-order valence-electron chi connectivity index (χ0n) is 74.2. The number of aliphatic hydroxyl groups is 1. The molecule has 2 aromatic rings. The van der Waals surface area contributed by atoms with Gasteiger partial charge in [-0.2, -0.15) is 0 Å². The van der Waals surface area contributed by atoms with Gasteiger partial charge in [0, 0.05) is 46.6 Å². The Labute approximate surface area is 656 Å². The zero-order valence-corrected chi connectivity index (χ0v) is 74.2. The van der Waals surface area contributed by atoms with Crippen LogP contribution in [0.15, 0.2) is 60.7 Å². The van der Waals surface area contributed by atoms with Gasteiger partial charge in [-0.3, -0.25) is 24.0 Å². The maximum Gasteiger partial charge on any atom is 0.249 e. The summed E-state index contributed by atoms with van der Waals surface area (Å²) in [5.74, 6) is 1.51. The molecule has 29 nitrogen and oxygen atoms in total. The third-order valence-corrected chi connectivity index (χ3v) is 12.5. The summed E-state index contributed by atoms with van der Waals surface area (Å²) in [6.07, 6.45) is 9.46. The summed E-state index contributed by atoms with van der Waals surface area (Å²) in [4.78, 5) is 142. The number of rotatable bonds is 16. The van der Waals surface area contributed by atoms with Crippen molar-refractivity contribution in [2.45, 2.75) is 247 Å². The molecular formula is C78H176N14O15. The van der Waals surface area contributed by atoms with Gasteiger partial charge >= 0.3 is 0 Å². The number of hydrogen-bond donors (Lipinski definition) is 12. The molecule has 0 spiro atoms. The fraction of sp³-hybridized carbons (Fsp3) is 0.667. The Balaban J connectivity index is -0.0000000412. The molecule has 0 bridgehead atoms. The third-order valence-electron chi connectivity index (χ3n) is 12.5. The van der Waals surface area contributed by atoms with Gasteiger partial charge in [-0.05, 0) is 143 Å². The summed E-state index contributed by atoms with van der Waals surface area (Å²) in [6, 6.07) is 17.3. The van der Waals surface area contributed by atoms with Crippen molar-refractivity contribution in [2.75, 3.05) is 69.5 Å². The minimum atomic E-state index is -1.24. The first-order chi connectivity index (χ1) is 49.4. The van der Waals surface area contributed by atoms with Gasteiger partial charge in [0.25, 0.3) is 0 Å². The molecule has 0 aliphatic carbocycles. The molecule has 107 heavy (non-hydrogen) atoms. The molecule has 0 saturated carbocycles. The number of amides is 5. The molecule has 4 atom stereocenters. The lowest BCUT2D eigenvalue weighted by Crippen LogP contribution is -2.62. The van der Waals surface area contributed by atoms with E-state index in [1.54, 1.807) is 60.4 Å². The van der Waals surface area contributed by atoms with Crippen molar-refractivity contribution in [3.05, 3.63) is 71.8 Å². The highest BCUT2D eigenvalue weighted by Gasteiger charge is 2.43. The second-order valence-corrected chi connectivity index (χ2v) is 21.6. The molecule has 1 saturated heterocycles. The van der Waals surface area contributed by atoms with E-state index in [9.17, 15) is 24.0 Å². The predicted molar refractivity (Wildman–Crippen MR) is 459 cm³/mol. The maximum absolute atomic E-state index is 13.8. The molecule has 1 aliphatic rings. The van der Waals surface area contributed by atoms with Gasteiger partial charge in [-0.15, -0.1) is 0 Å². The lowest BCUT2D eigenvalue weighted by molar-refractivity contribution is -0.153. The summed E-state index contributed by atoms with van der Waals surface area (Å²) >= 11 is 0. The summed E-state index contributed by atoms with van der Waals surface area (Å²) in [7, 11) is 12.1. The molecule has 29 heteroatoms. The number of carbonyl (C=O) groups excluding carboxylic acids is 14. The minimum Gasteiger partial charge on any atom is -0.394 e. The van der Waals surface area contributed by atoms with E-state index >= 15 is 0 Å². The third kappa shape index (κ3) is 131. The van der Waals surface area contributed by atoms with E-state index in [0.29, 0.717) is 13.1 Å². The molecule has 0 radical (unpaired) electrons. The summed E-state index contributed by atoms with van der Waals surface area (Å²) < 4.78 is 0. The van der Waals surface area contributed by atoms with Crippen LogP contribution in [-0.4, -0.2) is 210 Å². The van der Waals surface area contributed by atoms with E-state index in [2.05, 4.69) is 159 Å². The van der Waals surface area contributed by atoms with Crippen LogP contribution in [0.3, 0.4) is 0 Å². The van der Waals surface area contributed by atoms with Crippen molar-refractivity contribution in [3.8, 4) is 0 Å². The van der Waals surface area contributed by atoms with Crippen LogP contribution in [0.25, 0.3) is 0 Å². The number of aryl methyl sites for hydroxylation is 1. The Morgan fingerprint density at radius 1 is 0.458 bits per heavy atom. The first-order valence-electron chi connectivity index (χ1n) is 34.7. The molecule has 0 aromatic heterocycles. The topological polar surface area (TPSA) is 554 Å². The lowest BCUT2D eigenvalue weighted by atomic mass is 9.89. The van der Waals surface area contributed by atoms with Gasteiger partial charge in [-0.1, -0.05) is 204 Å². The number of nitrogens with one attached hydrogen (secondary N) is 2. The number of aliphatic hydroxyl groups excluding tert-OH is 1. The van der Waals surface area contributed by atoms with Gasteiger partial charge in [0.2, 0.25) is 29.5 Å². The van der Waals surface area contributed by atoms with Gasteiger partial charge in [0.05, 0.1) is 0 Å². The lowest BCUT2D eigenvalue weighted by Gasteiger charge is -2.41. The molecule has 24 N–H and O–H groups in total. The fourth-order valence-electron chi connectivity index (χ4n) is 5.69. The first kappa shape index (κ1) is 165. The number of benzene rings is 2. The van der Waals surface area contributed by atoms with E-state index in [0.717, 1.165) is 54.9 Å². The first-order valence-corrected chi connectivity index (χ1v) is 34.7. The molecule has 1 aliphatic heterocycles. The molecule has 5 amide bonds. The molecule has 3 rings (SSSR count). The average molecular weight is 1550 g/mol. The van der Waals surface area contributed by atoms with Crippen molar-refractivity contribution in [3.63, 3.8) is 0 Å². The highest BCUT2D eigenvalue weighted by atomic mass is 16.3. The van der Waals surface area contributed by atoms with Gasteiger partial charge < -0.3 is 126 Å². The second kappa shape index (κ2) is 152. The van der Waals surface area contributed by atoms with Gasteiger partial charge in [0.15, 0.2) is 0 Å². The quantitative estimate of drug-likeness (QED) is 0.0743. The molecule has 2 aromatic carbocycles. The van der Waals surface area contributed by atoms with Gasteiger partial charge in [0.1, 0.15) is 84.8 Å². The van der Waals surface area contributed by atoms with Crippen LogP contribution < -0.4 is 63.5 Å². The van der Waals surface area contributed by atoms with Crippen molar-refractivity contribution < 1.29 is 72.2 Å². The summed E-state index contributed by atoms with van der Waals surface area (Å²) in [6.45, 7) is 65.5. The normalized spacial score (nSPS) is 9.96. The Bertz CT molecular complexity index is 1810. The summed E-state index contributed by atoms with van der Waals surface area (Å²) in [5.41, 5.74) is 28.0. The van der Waals surface area contributed by atoms with Crippen LogP contribution in [0.4, 0.5) is 0 Å². The fourth-order valence-corrected chi connectivity index (χ4v) is 5.69. The van der Waals surface area contributed by atoms with Crippen LogP contribution in [0.1, 0.15) is 215 Å². The number of piperidine rings is 1. The van der Waals surface area contributed by atoms with Gasteiger partial charge in [-0.25, -0.2) is 0 Å². The van der Waals surface area contributed by atoms with Crippen molar-refractivity contribution >= 4 is 90.6 Å². The highest BCUT2D eigenvalue weighted by Crippen LogP contribution is 2.24. The molecule has 1 heterocycles. The number of likely N-dealkylation sites (tertiary alicyclic amines) is 1. The molecule has 648 valence electrons. The second-order valence-electron chi connectivity index (χ2n) is 21.6. The van der Waals surface area contributed by atoms with E-state index < -0.39 is 41.4 Å². The van der Waals surface area contributed by atoms with Crippen LogP contribution in [0, 0.1) is 29.6 Å². The van der Waals surface area contributed by atoms with Crippen molar-refractivity contribution in [1.29, 1.82) is 0 Å². The highest BCUT2D eigenvalue weighted by molar-refractivity contribution is 5.96. The van der Waals surface area contributed by atoms with E-state index in [-0.39, 0.29) is 48.7 Å². The largest absolute Gasteiger partial charge is 0.394 e. The zero-order chi connectivity index (χ0) is 88.7. The van der Waals surface area contributed by atoms with Crippen molar-refractivity contribution in [1.82, 2.24) is 43.8 Å². The Morgan fingerprint density at radius 3 is 0.907 bits per heavy atom. The molecule has 1 unspecified atom stereocenters. The monoisotopic (exact) mass is 1550 g/mol. The average Bonchev–Trinajstić information content (AvgIpc) is 0.791. The summed E-state index contributed by atoms with van der Waals surface area (Å²) in [5, 5.41) is 13.6. The van der Waals surface area contributed by atoms with E-state index in [4.69, 9.17) is 48.3 Å².